The Morgan fingerprint density at radius 3 is 2.16 bits per heavy atom. The standard InChI is InChI=1S/C31H36N4O3/c1-20(2)18-34(19-21(3)4)28-15-14-25(35-27-9-7-6-8-23(27)16-29(35)30(36)37)17-26(28)33-31(38)32-24-12-10-22(5)11-13-24/h6-17,20-21H,18-19H2,1-5H3,(H,36,37)(H2,32,33,38). The summed E-state index contributed by atoms with van der Waals surface area (Å²) in [7, 11) is 0. The summed E-state index contributed by atoms with van der Waals surface area (Å²) in [5.41, 5.74) is 4.91. The first kappa shape index (κ1) is 26.8. The van der Waals surface area contributed by atoms with Crippen LogP contribution < -0.4 is 15.5 Å². The van der Waals surface area contributed by atoms with E-state index in [9.17, 15) is 14.7 Å². The zero-order valence-electron chi connectivity index (χ0n) is 22.7. The van der Waals surface area contributed by atoms with Crippen LogP contribution in [0.2, 0.25) is 0 Å². The van der Waals surface area contributed by atoms with Gasteiger partial charge in [-0.25, -0.2) is 9.59 Å². The molecule has 2 amide bonds. The van der Waals surface area contributed by atoms with Crippen molar-refractivity contribution in [1.82, 2.24) is 4.57 Å². The summed E-state index contributed by atoms with van der Waals surface area (Å²) in [6.45, 7) is 12.3. The Bertz CT molecular complexity index is 1430. The predicted octanol–water partition coefficient (Wildman–Crippen LogP) is 7.40. The summed E-state index contributed by atoms with van der Waals surface area (Å²) >= 11 is 0. The number of fused-ring (bicyclic) bond motifs is 1. The molecule has 198 valence electrons. The monoisotopic (exact) mass is 512 g/mol. The minimum atomic E-state index is -1.02. The molecule has 38 heavy (non-hydrogen) atoms. The highest BCUT2D eigenvalue weighted by Crippen LogP contribution is 2.33. The first-order valence-corrected chi connectivity index (χ1v) is 13.0. The number of aromatic carboxylic acids is 1. The second kappa shape index (κ2) is 11.4. The molecule has 0 fully saturated rings. The van der Waals surface area contributed by atoms with Crippen LogP contribution in [0.15, 0.2) is 72.8 Å². The molecule has 7 nitrogen and oxygen atoms in total. The summed E-state index contributed by atoms with van der Waals surface area (Å²) < 4.78 is 1.72. The molecule has 1 heterocycles. The fourth-order valence-electron chi connectivity index (χ4n) is 4.70. The highest BCUT2D eigenvalue weighted by molar-refractivity contribution is 6.02. The van der Waals surface area contributed by atoms with Crippen molar-refractivity contribution in [2.45, 2.75) is 34.6 Å². The number of carbonyl (C=O) groups is 2. The van der Waals surface area contributed by atoms with Crippen LogP contribution in [-0.2, 0) is 0 Å². The van der Waals surface area contributed by atoms with Gasteiger partial charge in [-0.1, -0.05) is 63.6 Å². The summed E-state index contributed by atoms with van der Waals surface area (Å²) in [6.07, 6.45) is 0. The minimum absolute atomic E-state index is 0.162. The molecule has 3 aromatic carbocycles. The number of carboxylic acid groups (broad SMARTS) is 1. The Morgan fingerprint density at radius 2 is 1.53 bits per heavy atom. The molecule has 4 aromatic rings. The molecule has 0 bridgehead atoms. The second-order valence-electron chi connectivity index (χ2n) is 10.6. The number of aromatic nitrogens is 1. The number of carbonyl (C=O) groups excluding carboxylic acids is 1. The van der Waals surface area contributed by atoms with Crippen LogP contribution in [-0.4, -0.2) is 34.8 Å². The molecule has 0 aliphatic carbocycles. The van der Waals surface area contributed by atoms with Crippen molar-refractivity contribution in [3.8, 4) is 5.69 Å². The first-order chi connectivity index (χ1) is 18.1. The molecule has 1 aromatic heterocycles. The van der Waals surface area contributed by atoms with Gasteiger partial charge in [0.1, 0.15) is 5.69 Å². The maximum atomic E-state index is 13.1. The lowest BCUT2D eigenvalue weighted by Gasteiger charge is -2.31. The van der Waals surface area contributed by atoms with Gasteiger partial charge < -0.3 is 25.2 Å². The Labute approximate surface area is 224 Å². The molecule has 0 unspecified atom stereocenters. The molecular weight excluding hydrogens is 476 g/mol. The van der Waals surface area contributed by atoms with Crippen molar-refractivity contribution in [1.29, 1.82) is 0 Å². The number of benzene rings is 3. The van der Waals surface area contributed by atoms with E-state index >= 15 is 0 Å². The zero-order valence-corrected chi connectivity index (χ0v) is 22.7. The van der Waals surface area contributed by atoms with Crippen molar-refractivity contribution in [2.24, 2.45) is 11.8 Å². The number of hydrogen-bond acceptors (Lipinski definition) is 3. The number of nitrogens with zero attached hydrogens (tertiary/aromatic N) is 2. The van der Waals surface area contributed by atoms with Crippen LogP contribution in [0, 0.1) is 18.8 Å². The van der Waals surface area contributed by atoms with E-state index in [2.05, 4.69) is 43.2 Å². The number of urea groups is 1. The molecule has 0 saturated heterocycles. The molecular formula is C31H36N4O3. The first-order valence-electron chi connectivity index (χ1n) is 13.0. The van der Waals surface area contributed by atoms with Gasteiger partial charge in [0.05, 0.1) is 16.9 Å². The summed E-state index contributed by atoms with van der Waals surface area (Å²) in [4.78, 5) is 27.6. The van der Waals surface area contributed by atoms with E-state index in [4.69, 9.17) is 0 Å². The van der Waals surface area contributed by atoms with Crippen LogP contribution in [0.5, 0.6) is 0 Å². The normalized spacial score (nSPS) is 11.2. The third kappa shape index (κ3) is 6.17. The number of aryl methyl sites for hydroxylation is 1. The number of hydrogen-bond donors (Lipinski definition) is 3. The van der Waals surface area contributed by atoms with Gasteiger partial charge in [0.15, 0.2) is 0 Å². The summed E-state index contributed by atoms with van der Waals surface area (Å²) in [5, 5.41) is 16.8. The predicted molar refractivity (Wildman–Crippen MR) is 156 cm³/mol. The summed E-state index contributed by atoms with van der Waals surface area (Å²) in [5.74, 6) is -0.192. The second-order valence-corrected chi connectivity index (χ2v) is 10.6. The van der Waals surface area contributed by atoms with Gasteiger partial charge in [-0.15, -0.1) is 0 Å². The van der Waals surface area contributed by atoms with Gasteiger partial charge >= 0.3 is 12.0 Å². The number of nitrogens with one attached hydrogen (secondary N) is 2. The maximum Gasteiger partial charge on any atom is 0.352 e. The van der Waals surface area contributed by atoms with Crippen molar-refractivity contribution in [2.75, 3.05) is 28.6 Å². The van der Waals surface area contributed by atoms with E-state index in [0.717, 1.165) is 35.2 Å². The lowest BCUT2D eigenvalue weighted by Crippen LogP contribution is -2.32. The average molecular weight is 513 g/mol. The van der Waals surface area contributed by atoms with Crippen LogP contribution in [0.25, 0.3) is 16.6 Å². The number of rotatable bonds is 9. The fourth-order valence-corrected chi connectivity index (χ4v) is 4.70. The van der Waals surface area contributed by atoms with E-state index < -0.39 is 5.97 Å². The van der Waals surface area contributed by atoms with E-state index in [1.54, 1.807) is 10.6 Å². The van der Waals surface area contributed by atoms with Gasteiger partial charge in [0.25, 0.3) is 0 Å². The molecule has 0 radical (unpaired) electrons. The molecule has 4 rings (SSSR count). The van der Waals surface area contributed by atoms with Crippen molar-refractivity contribution in [3.05, 3.63) is 84.1 Å². The van der Waals surface area contributed by atoms with Gasteiger partial charge in [0, 0.05) is 29.9 Å². The SMILES string of the molecule is Cc1ccc(NC(=O)Nc2cc(-n3c(C(=O)O)cc4ccccc43)ccc2N(CC(C)C)CC(C)C)cc1. The Kier molecular flexibility index (Phi) is 8.05. The Morgan fingerprint density at radius 1 is 0.868 bits per heavy atom. The topological polar surface area (TPSA) is 86.6 Å². The van der Waals surface area contributed by atoms with Gasteiger partial charge in [0.2, 0.25) is 0 Å². The van der Waals surface area contributed by atoms with Crippen LogP contribution >= 0.6 is 0 Å². The summed E-state index contributed by atoms with van der Waals surface area (Å²) in [6, 6.07) is 22.2. The van der Waals surface area contributed by atoms with Gasteiger partial charge in [-0.3, -0.25) is 0 Å². The maximum absolute atomic E-state index is 13.1. The zero-order chi connectivity index (χ0) is 27.4. The van der Waals surface area contributed by atoms with E-state index in [0.29, 0.717) is 28.9 Å². The van der Waals surface area contributed by atoms with Gasteiger partial charge in [-0.2, -0.15) is 0 Å². The van der Waals surface area contributed by atoms with Crippen LogP contribution in [0.3, 0.4) is 0 Å². The van der Waals surface area contributed by atoms with Crippen LogP contribution in [0.1, 0.15) is 43.7 Å². The molecule has 0 atom stereocenters. The Hall–Kier alpha value is -4.26. The van der Waals surface area contributed by atoms with E-state index in [1.807, 2.05) is 73.7 Å². The largest absolute Gasteiger partial charge is 0.477 e. The number of para-hydroxylation sites is 1. The average Bonchev–Trinajstić information content (AvgIpc) is 3.24. The molecule has 0 saturated carbocycles. The third-order valence-corrected chi connectivity index (χ3v) is 6.24. The van der Waals surface area contributed by atoms with E-state index in [-0.39, 0.29) is 11.7 Å². The molecule has 7 heteroatoms. The van der Waals surface area contributed by atoms with Crippen molar-refractivity contribution >= 4 is 40.0 Å². The Balaban J connectivity index is 1.80. The molecule has 3 N–H and O–H groups in total. The van der Waals surface area contributed by atoms with Gasteiger partial charge in [-0.05, 0) is 61.2 Å². The highest BCUT2D eigenvalue weighted by Gasteiger charge is 2.20. The molecule has 0 aliphatic heterocycles. The smallest absolute Gasteiger partial charge is 0.352 e. The number of carboxylic acids is 1. The lowest BCUT2D eigenvalue weighted by atomic mass is 10.1. The van der Waals surface area contributed by atoms with Crippen LogP contribution in [0.4, 0.5) is 21.9 Å². The fraction of sp³-hybridized carbons (Fsp3) is 0.290. The minimum Gasteiger partial charge on any atom is -0.477 e. The highest BCUT2D eigenvalue weighted by atomic mass is 16.4. The lowest BCUT2D eigenvalue weighted by molar-refractivity contribution is 0.0688. The van der Waals surface area contributed by atoms with E-state index in [1.165, 1.54) is 0 Å². The number of anilines is 3. The quantitative estimate of drug-likeness (QED) is 0.218. The third-order valence-electron chi connectivity index (χ3n) is 6.24. The van der Waals surface area contributed by atoms with Crippen molar-refractivity contribution in [3.63, 3.8) is 0 Å². The van der Waals surface area contributed by atoms with Crippen molar-refractivity contribution < 1.29 is 14.7 Å². The molecule has 0 aliphatic rings. The molecule has 0 spiro atoms. The number of amides is 2.